The Morgan fingerprint density at radius 3 is 2.53 bits per heavy atom. The monoisotopic (exact) mass is 419 g/mol. The number of hydrogen-bond acceptors (Lipinski definition) is 4. The van der Waals surface area contributed by atoms with Crippen LogP contribution in [0.5, 0.6) is 0 Å². The molecule has 0 radical (unpaired) electrons. The molecule has 30 heavy (non-hydrogen) atoms. The van der Waals surface area contributed by atoms with Crippen LogP contribution >= 0.6 is 12.2 Å². The summed E-state index contributed by atoms with van der Waals surface area (Å²) in [5, 5.41) is 5.57. The number of carbonyl (C=O) groups is 1. The van der Waals surface area contributed by atoms with E-state index in [2.05, 4.69) is 21.7 Å². The maximum Gasteiger partial charge on any atom is 0.257 e. The molecule has 150 valence electrons. The second-order valence-electron chi connectivity index (χ2n) is 7.00. The van der Waals surface area contributed by atoms with Crippen molar-refractivity contribution in [3.05, 3.63) is 83.2 Å². The Morgan fingerprint density at radius 1 is 1.03 bits per heavy atom. The van der Waals surface area contributed by atoms with E-state index in [1.165, 1.54) is 18.2 Å². The first-order valence-corrected chi connectivity index (χ1v) is 9.65. The third kappa shape index (κ3) is 4.36. The molecule has 0 unspecified atom stereocenters. The largest absolute Gasteiger partial charge is 0.436 e. The lowest BCUT2D eigenvalue weighted by atomic mass is 10.1. The van der Waals surface area contributed by atoms with Gasteiger partial charge in [0.2, 0.25) is 5.89 Å². The predicted octanol–water partition coefficient (Wildman–Crippen LogP) is 5.38. The van der Waals surface area contributed by atoms with Crippen molar-refractivity contribution in [2.45, 2.75) is 13.8 Å². The number of anilines is 1. The van der Waals surface area contributed by atoms with Crippen molar-refractivity contribution >= 4 is 40.0 Å². The van der Waals surface area contributed by atoms with E-state index in [1.54, 1.807) is 18.2 Å². The SMILES string of the molecule is Cc1cc(C)cc(-c2nc3cc(NC(=S)NC(=O)c4cccc(F)c4)ccc3o2)c1. The molecule has 5 nitrogen and oxygen atoms in total. The first-order chi connectivity index (χ1) is 14.4. The number of fused-ring (bicyclic) bond motifs is 1. The number of oxazole rings is 1. The second kappa shape index (κ2) is 8.04. The number of hydrogen-bond donors (Lipinski definition) is 2. The first-order valence-electron chi connectivity index (χ1n) is 9.24. The van der Waals surface area contributed by atoms with Gasteiger partial charge in [0, 0.05) is 16.8 Å². The van der Waals surface area contributed by atoms with Gasteiger partial charge in [0.15, 0.2) is 10.7 Å². The zero-order valence-corrected chi connectivity index (χ0v) is 17.1. The number of nitrogens with zero attached hydrogens (tertiary/aromatic N) is 1. The fourth-order valence-electron chi connectivity index (χ4n) is 3.19. The number of aryl methyl sites for hydroxylation is 2. The molecular weight excluding hydrogens is 401 g/mol. The molecule has 0 saturated carbocycles. The van der Waals surface area contributed by atoms with E-state index < -0.39 is 11.7 Å². The highest BCUT2D eigenvalue weighted by molar-refractivity contribution is 7.80. The minimum Gasteiger partial charge on any atom is -0.436 e. The van der Waals surface area contributed by atoms with Gasteiger partial charge in [-0.2, -0.15) is 0 Å². The van der Waals surface area contributed by atoms with Gasteiger partial charge < -0.3 is 9.73 Å². The Balaban J connectivity index is 1.51. The van der Waals surface area contributed by atoms with E-state index in [0.717, 1.165) is 22.8 Å². The van der Waals surface area contributed by atoms with Gasteiger partial charge in [-0.05, 0) is 74.6 Å². The number of aromatic nitrogens is 1. The minimum atomic E-state index is -0.494. The Kier molecular flexibility index (Phi) is 5.29. The lowest BCUT2D eigenvalue weighted by Crippen LogP contribution is -2.34. The maximum atomic E-state index is 13.3. The number of nitrogens with one attached hydrogen (secondary N) is 2. The topological polar surface area (TPSA) is 67.2 Å². The van der Waals surface area contributed by atoms with Gasteiger partial charge in [0.05, 0.1) is 0 Å². The summed E-state index contributed by atoms with van der Waals surface area (Å²) in [6.45, 7) is 4.06. The van der Waals surface area contributed by atoms with Crippen molar-refractivity contribution in [1.29, 1.82) is 0 Å². The average Bonchev–Trinajstić information content (AvgIpc) is 3.10. The van der Waals surface area contributed by atoms with Gasteiger partial charge >= 0.3 is 0 Å². The molecule has 0 aliphatic carbocycles. The predicted molar refractivity (Wildman–Crippen MR) is 119 cm³/mol. The van der Waals surface area contributed by atoms with E-state index >= 15 is 0 Å². The third-order valence-corrected chi connectivity index (χ3v) is 4.63. The molecule has 0 spiro atoms. The molecule has 4 aromatic rings. The number of halogens is 1. The molecule has 0 atom stereocenters. The molecule has 3 aromatic carbocycles. The van der Waals surface area contributed by atoms with Crippen LogP contribution in [0.1, 0.15) is 21.5 Å². The highest BCUT2D eigenvalue weighted by Crippen LogP contribution is 2.27. The van der Waals surface area contributed by atoms with Gasteiger partial charge in [-0.1, -0.05) is 23.3 Å². The number of thiocarbonyl (C=S) groups is 1. The third-order valence-electron chi connectivity index (χ3n) is 4.43. The van der Waals surface area contributed by atoms with Crippen molar-refractivity contribution in [2.75, 3.05) is 5.32 Å². The van der Waals surface area contributed by atoms with Crippen molar-refractivity contribution in [3.63, 3.8) is 0 Å². The van der Waals surface area contributed by atoms with E-state index in [9.17, 15) is 9.18 Å². The number of carbonyl (C=O) groups excluding carboxylic acids is 1. The van der Waals surface area contributed by atoms with E-state index in [1.807, 2.05) is 26.0 Å². The van der Waals surface area contributed by atoms with Crippen LogP contribution in [0.25, 0.3) is 22.6 Å². The summed E-state index contributed by atoms with van der Waals surface area (Å²) in [6.07, 6.45) is 0. The van der Waals surface area contributed by atoms with Crippen molar-refractivity contribution < 1.29 is 13.6 Å². The quantitative estimate of drug-likeness (QED) is 0.437. The number of rotatable bonds is 3. The van der Waals surface area contributed by atoms with E-state index in [4.69, 9.17) is 16.6 Å². The Bertz CT molecular complexity index is 1260. The van der Waals surface area contributed by atoms with Gasteiger partial charge in [0.1, 0.15) is 11.3 Å². The van der Waals surface area contributed by atoms with Crippen LogP contribution in [0.3, 0.4) is 0 Å². The standard InChI is InChI=1S/C23H18FN3O2S/c1-13-8-14(2)10-16(9-13)22-26-19-12-18(6-7-20(19)29-22)25-23(30)27-21(28)15-4-3-5-17(24)11-15/h3-12H,1-2H3,(H2,25,27,28,30). The molecule has 1 aromatic heterocycles. The Labute approximate surface area is 177 Å². The molecule has 0 bridgehead atoms. The summed E-state index contributed by atoms with van der Waals surface area (Å²) < 4.78 is 19.2. The molecule has 0 aliphatic heterocycles. The molecular formula is C23H18FN3O2S. The summed E-state index contributed by atoms with van der Waals surface area (Å²) in [4.78, 5) is 16.8. The van der Waals surface area contributed by atoms with Crippen LogP contribution in [0, 0.1) is 19.7 Å². The van der Waals surface area contributed by atoms with E-state index in [-0.39, 0.29) is 10.7 Å². The lowest BCUT2D eigenvalue weighted by Gasteiger charge is -2.09. The molecule has 1 heterocycles. The van der Waals surface area contributed by atoms with Crippen LogP contribution < -0.4 is 10.6 Å². The van der Waals surface area contributed by atoms with E-state index in [0.29, 0.717) is 22.7 Å². The molecule has 2 N–H and O–H groups in total. The van der Waals surface area contributed by atoms with Crippen molar-refractivity contribution in [2.24, 2.45) is 0 Å². The van der Waals surface area contributed by atoms with Crippen LogP contribution in [0.15, 0.2) is 65.1 Å². The minimum absolute atomic E-state index is 0.0987. The van der Waals surface area contributed by atoms with Gasteiger partial charge in [0.25, 0.3) is 5.91 Å². The molecule has 7 heteroatoms. The second-order valence-corrected chi connectivity index (χ2v) is 7.40. The summed E-state index contributed by atoms with van der Waals surface area (Å²) in [7, 11) is 0. The van der Waals surface area contributed by atoms with Gasteiger partial charge in [-0.15, -0.1) is 0 Å². The number of amides is 1. The number of benzene rings is 3. The molecule has 4 rings (SSSR count). The van der Waals surface area contributed by atoms with Crippen LogP contribution in [0.4, 0.5) is 10.1 Å². The normalized spacial score (nSPS) is 10.8. The van der Waals surface area contributed by atoms with Crippen LogP contribution in [0.2, 0.25) is 0 Å². The average molecular weight is 419 g/mol. The smallest absolute Gasteiger partial charge is 0.257 e. The lowest BCUT2D eigenvalue weighted by molar-refractivity contribution is 0.0977. The van der Waals surface area contributed by atoms with Crippen LogP contribution in [-0.4, -0.2) is 16.0 Å². The zero-order valence-electron chi connectivity index (χ0n) is 16.3. The zero-order chi connectivity index (χ0) is 21.3. The molecule has 0 aliphatic rings. The Morgan fingerprint density at radius 2 is 1.80 bits per heavy atom. The summed E-state index contributed by atoms with van der Waals surface area (Å²) >= 11 is 5.20. The fourth-order valence-corrected chi connectivity index (χ4v) is 3.40. The van der Waals surface area contributed by atoms with Crippen molar-refractivity contribution in [3.8, 4) is 11.5 Å². The first kappa shape index (κ1) is 19.7. The summed E-state index contributed by atoms with van der Waals surface area (Å²) in [5.41, 5.74) is 5.31. The molecule has 0 saturated heterocycles. The fraction of sp³-hybridized carbons (Fsp3) is 0.0870. The molecule has 1 amide bonds. The Hall–Kier alpha value is -3.58. The highest BCUT2D eigenvalue weighted by atomic mass is 32.1. The van der Waals surface area contributed by atoms with Crippen molar-refractivity contribution in [1.82, 2.24) is 10.3 Å². The van der Waals surface area contributed by atoms with Gasteiger partial charge in [-0.3, -0.25) is 10.1 Å². The molecule has 0 fully saturated rings. The summed E-state index contributed by atoms with van der Waals surface area (Å²) in [6, 6.07) is 16.9. The van der Waals surface area contributed by atoms with Gasteiger partial charge in [-0.25, -0.2) is 9.37 Å². The van der Waals surface area contributed by atoms with Crippen LogP contribution in [-0.2, 0) is 0 Å². The maximum absolute atomic E-state index is 13.3. The highest BCUT2D eigenvalue weighted by Gasteiger charge is 2.12. The summed E-state index contributed by atoms with van der Waals surface area (Å²) in [5.74, 6) is -0.444.